The Morgan fingerprint density at radius 1 is 1.09 bits per heavy atom. The van der Waals surface area contributed by atoms with E-state index in [9.17, 15) is 22.4 Å². The molecule has 0 bridgehead atoms. The third-order valence-electron chi connectivity index (χ3n) is 5.33. The normalized spacial score (nSPS) is 16.9. The summed E-state index contributed by atoms with van der Waals surface area (Å²) in [6.07, 6.45) is 2.64. The molecular weight excluding hydrogens is 437 g/mol. The monoisotopic (exact) mass is 463 g/mol. The number of carbonyl (C=O) groups is 2. The van der Waals surface area contributed by atoms with Crippen molar-refractivity contribution < 1.29 is 27.1 Å². The number of ether oxygens (including phenoxy) is 1. The molecule has 1 aliphatic heterocycles. The van der Waals surface area contributed by atoms with Gasteiger partial charge in [-0.25, -0.2) is 12.8 Å². The topological polar surface area (TPSA) is 105 Å². The van der Waals surface area contributed by atoms with Gasteiger partial charge in [-0.05, 0) is 55.7 Å². The lowest BCUT2D eigenvalue weighted by molar-refractivity contribution is -0.136. The van der Waals surface area contributed by atoms with Gasteiger partial charge in [0.05, 0.1) is 17.7 Å². The molecule has 0 aromatic heterocycles. The number of benzene rings is 2. The van der Waals surface area contributed by atoms with Gasteiger partial charge >= 0.3 is 11.8 Å². The maximum atomic E-state index is 13.6. The van der Waals surface area contributed by atoms with E-state index in [0.717, 1.165) is 12.8 Å². The minimum absolute atomic E-state index is 0.0864. The largest absolute Gasteiger partial charge is 0.497 e. The van der Waals surface area contributed by atoms with Crippen LogP contribution in [-0.4, -0.2) is 50.8 Å². The van der Waals surface area contributed by atoms with Crippen LogP contribution in [0.4, 0.5) is 10.1 Å². The zero-order valence-electron chi connectivity index (χ0n) is 17.7. The van der Waals surface area contributed by atoms with Gasteiger partial charge in [0.25, 0.3) is 0 Å². The van der Waals surface area contributed by atoms with Gasteiger partial charge < -0.3 is 15.4 Å². The average molecular weight is 464 g/mol. The molecule has 172 valence electrons. The highest BCUT2D eigenvalue weighted by Crippen LogP contribution is 2.27. The van der Waals surface area contributed by atoms with Gasteiger partial charge in [-0.15, -0.1) is 0 Å². The number of nitrogens with zero attached hydrogens (tertiary/aromatic N) is 1. The minimum atomic E-state index is -3.70. The first-order chi connectivity index (χ1) is 15.3. The fourth-order valence-corrected chi connectivity index (χ4v) is 5.36. The van der Waals surface area contributed by atoms with Crippen molar-refractivity contribution in [2.24, 2.45) is 0 Å². The molecule has 2 aromatic carbocycles. The number of rotatable bonds is 7. The molecule has 1 heterocycles. The van der Waals surface area contributed by atoms with E-state index in [1.165, 1.54) is 47.8 Å². The zero-order chi connectivity index (χ0) is 23.1. The summed E-state index contributed by atoms with van der Waals surface area (Å²) in [4.78, 5) is 24.3. The maximum Gasteiger partial charge on any atom is 0.313 e. The molecule has 0 radical (unpaired) electrons. The fraction of sp³-hybridized carbons (Fsp3) is 0.364. The van der Waals surface area contributed by atoms with Crippen LogP contribution in [0.5, 0.6) is 5.75 Å². The van der Waals surface area contributed by atoms with E-state index >= 15 is 0 Å². The molecule has 1 saturated heterocycles. The van der Waals surface area contributed by atoms with Crippen molar-refractivity contribution >= 4 is 27.5 Å². The van der Waals surface area contributed by atoms with Crippen molar-refractivity contribution in [3.05, 3.63) is 54.3 Å². The van der Waals surface area contributed by atoms with Crippen LogP contribution in [0.2, 0.25) is 0 Å². The van der Waals surface area contributed by atoms with E-state index in [1.54, 1.807) is 12.1 Å². The molecule has 10 heteroatoms. The summed E-state index contributed by atoms with van der Waals surface area (Å²) in [5, 5.41) is 4.70. The average Bonchev–Trinajstić information content (AvgIpc) is 2.80. The number of hydrogen-bond donors (Lipinski definition) is 2. The summed E-state index contributed by atoms with van der Waals surface area (Å²) >= 11 is 0. The number of hydrogen-bond acceptors (Lipinski definition) is 5. The predicted molar refractivity (Wildman–Crippen MR) is 117 cm³/mol. The van der Waals surface area contributed by atoms with Crippen LogP contribution in [0.1, 0.15) is 25.7 Å². The third-order valence-corrected chi connectivity index (χ3v) is 7.30. The number of sulfonamides is 1. The second kappa shape index (κ2) is 10.6. The second-order valence-corrected chi connectivity index (χ2v) is 9.31. The first-order valence-electron chi connectivity index (χ1n) is 10.3. The lowest BCUT2D eigenvalue weighted by Gasteiger charge is -2.34. The highest BCUT2D eigenvalue weighted by Gasteiger charge is 2.33. The van der Waals surface area contributed by atoms with Crippen molar-refractivity contribution in [1.29, 1.82) is 0 Å². The predicted octanol–water partition coefficient (Wildman–Crippen LogP) is 2.52. The third kappa shape index (κ3) is 5.63. The SMILES string of the molecule is COc1ccc(S(=O)(=O)N2CCCCC2CCNC(=O)C(=O)Nc2ccccc2F)cc1. The van der Waals surface area contributed by atoms with Gasteiger partial charge in [0, 0.05) is 19.1 Å². The fourth-order valence-electron chi connectivity index (χ4n) is 3.64. The molecular formula is C22H26FN3O5S. The first kappa shape index (κ1) is 23.7. The Balaban J connectivity index is 1.58. The number of nitrogens with one attached hydrogen (secondary N) is 2. The van der Waals surface area contributed by atoms with E-state index in [4.69, 9.17) is 4.74 Å². The summed E-state index contributed by atoms with van der Waals surface area (Å²) in [5.41, 5.74) is -0.0864. The number of anilines is 1. The highest BCUT2D eigenvalue weighted by molar-refractivity contribution is 7.89. The minimum Gasteiger partial charge on any atom is -0.497 e. The van der Waals surface area contributed by atoms with E-state index in [1.807, 2.05) is 0 Å². The van der Waals surface area contributed by atoms with Crippen LogP contribution in [0.15, 0.2) is 53.4 Å². The molecule has 8 nitrogen and oxygen atoms in total. The number of halogens is 1. The smallest absolute Gasteiger partial charge is 0.313 e. The standard InChI is InChI=1S/C22H26FN3O5S/c1-31-17-9-11-18(12-10-17)32(29,30)26-15-5-4-6-16(26)13-14-24-21(27)22(28)25-20-8-3-2-7-19(20)23/h2-3,7-12,16H,4-6,13-15H2,1H3,(H,24,27)(H,25,28). The second-order valence-electron chi connectivity index (χ2n) is 7.42. The summed E-state index contributed by atoms with van der Waals surface area (Å²) in [5.74, 6) is -1.97. The number of amides is 2. The Hall–Kier alpha value is -2.98. The van der Waals surface area contributed by atoms with E-state index in [0.29, 0.717) is 25.1 Å². The van der Waals surface area contributed by atoms with Gasteiger partial charge in [-0.3, -0.25) is 9.59 Å². The van der Waals surface area contributed by atoms with Crippen molar-refractivity contribution in [2.45, 2.75) is 36.6 Å². The molecule has 1 atom stereocenters. The summed E-state index contributed by atoms with van der Waals surface area (Å²) in [7, 11) is -2.20. The Bertz CT molecular complexity index is 1060. The molecule has 0 aliphatic carbocycles. The molecule has 2 aromatic rings. The van der Waals surface area contributed by atoms with Crippen LogP contribution in [0, 0.1) is 5.82 Å². The lowest BCUT2D eigenvalue weighted by Crippen LogP contribution is -2.45. The molecule has 2 N–H and O–H groups in total. The summed E-state index contributed by atoms with van der Waals surface area (Å²) in [6, 6.07) is 11.5. The van der Waals surface area contributed by atoms with Crippen LogP contribution < -0.4 is 15.4 Å². The molecule has 32 heavy (non-hydrogen) atoms. The Morgan fingerprint density at radius 2 is 1.81 bits per heavy atom. The highest BCUT2D eigenvalue weighted by atomic mass is 32.2. The summed E-state index contributed by atoms with van der Waals surface area (Å²) in [6.45, 7) is 0.504. The van der Waals surface area contributed by atoms with Crippen LogP contribution >= 0.6 is 0 Å². The molecule has 1 aliphatic rings. The maximum absolute atomic E-state index is 13.6. The Morgan fingerprint density at radius 3 is 2.50 bits per heavy atom. The van der Waals surface area contributed by atoms with Gasteiger partial charge in [0.2, 0.25) is 10.0 Å². The first-order valence-corrected chi connectivity index (χ1v) is 11.8. The van der Waals surface area contributed by atoms with Gasteiger partial charge in [-0.2, -0.15) is 4.31 Å². The van der Waals surface area contributed by atoms with E-state index in [-0.39, 0.29) is 23.2 Å². The van der Waals surface area contributed by atoms with Crippen molar-refractivity contribution in [1.82, 2.24) is 9.62 Å². The quantitative estimate of drug-likeness (QED) is 0.614. The Labute approximate surface area is 186 Å². The van der Waals surface area contributed by atoms with E-state index in [2.05, 4.69) is 10.6 Å². The van der Waals surface area contributed by atoms with Gasteiger partial charge in [0.1, 0.15) is 11.6 Å². The molecule has 1 unspecified atom stereocenters. The summed E-state index contributed by atoms with van der Waals surface area (Å²) < 4.78 is 46.4. The number of para-hydroxylation sites is 1. The number of piperidine rings is 1. The molecule has 2 amide bonds. The number of carbonyl (C=O) groups excluding carboxylic acids is 2. The molecule has 1 fully saturated rings. The van der Waals surface area contributed by atoms with Crippen molar-refractivity contribution in [2.75, 3.05) is 25.5 Å². The Kier molecular flexibility index (Phi) is 7.81. The van der Waals surface area contributed by atoms with Gasteiger partial charge in [0.15, 0.2) is 0 Å². The number of methoxy groups -OCH3 is 1. The molecule has 0 saturated carbocycles. The van der Waals surface area contributed by atoms with E-state index < -0.39 is 27.7 Å². The van der Waals surface area contributed by atoms with Crippen LogP contribution in [-0.2, 0) is 19.6 Å². The molecule has 3 rings (SSSR count). The molecule has 0 spiro atoms. The van der Waals surface area contributed by atoms with Gasteiger partial charge in [-0.1, -0.05) is 18.6 Å². The lowest BCUT2D eigenvalue weighted by atomic mass is 10.0. The zero-order valence-corrected chi connectivity index (χ0v) is 18.5. The van der Waals surface area contributed by atoms with Crippen molar-refractivity contribution in [3.63, 3.8) is 0 Å². The van der Waals surface area contributed by atoms with Crippen LogP contribution in [0.25, 0.3) is 0 Å². The van der Waals surface area contributed by atoms with Crippen LogP contribution in [0.3, 0.4) is 0 Å². The van der Waals surface area contributed by atoms with Crippen molar-refractivity contribution in [3.8, 4) is 5.75 Å².